The summed E-state index contributed by atoms with van der Waals surface area (Å²) in [5.41, 5.74) is 1.13. The Labute approximate surface area is 131 Å². The summed E-state index contributed by atoms with van der Waals surface area (Å²) in [5, 5.41) is 9.19. The zero-order valence-electron chi connectivity index (χ0n) is 13.1. The smallest absolute Gasteiger partial charge is 0.227 e. The third-order valence-corrected chi connectivity index (χ3v) is 4.91. The first-order valence-electron chi connectivity index (χ1n) is 7.54. The summed E-state index contributed by atoms with van der Waals surface area (Å²) in [4.78, 5) is 16.5. The van der Waals surface area contributed by atoms with Crippen LogP contribution in [0.5, 0.6) is 0 Å². The fourth-order valence-corrected chi connectivity index (χ4v) is 3.33. The van der Waals surface area contributed by atoms with Crippen LogP contribution in [0.3, 0.4) is 0 Å². The summed E-state index contributed by atoms with van der Waals surface area (Å²) in [6, 6.07) is 3.61. The molecule has 0 atom stereocenters. The van der Waals surface area contributed by atoms with Gasteiger partial charge in [0.1, 0.15) is 5.03 Å². The second-order valence-corrected chi connectivity index (χ2v) is 7.56. The molecular weight excluding hydrogens is 282 g/mol. The lowest BCUT2D eigenvalue weighted by atomic mass is 9.69. The molecule has 116 valence electrons. The number of hydrogen-bond donors (Lipinski definition) is 2. The van der Waals surface area contributed by atoms with E-state index in [1.807, 2.05) is 6.07 Å². The standard InChI is InChI=1S/C16H25N3OS/c1-16(2,3)12-6-4-11(5-7-12)15(20)19-13-8-9-18-14(10-13)21-17/h8-12H,4-7,17H2,1-3H3,(H,18,19,20). The van der Waals surface area contributed by atoms with Crippen LogP contribution in [0.1, 0.15) is 46.5 Å². The maximum Gasteiger partial charge on any atom is 0.227 e. The van der Waals surface area contributed by atoms with Crippen LogP contribution in [0, 0.1) is 17.3 Å². The van der Waals surface area contributed by atoms with Crippen molar-refractivity contribution in [3.63, 3.8) is 0 Å². The first-order chi connectivity index (χ1) is 9.90. The maximum absolute atomic E-state index is 12.4. The average molecular weight is 307 g/mol. The van der Waals surface area contributed by atoms with Gasteiger partial charge in [0.2, 0.25) is 5.91 Å². The van der Waals surface area contributed by atoms with Crippen molar-refractivity contribution in [3.8, 4) is 0 Å². The molecule has 0 saturated heterocycles. The number of carbonyl (C=O) groups excluding carboxylic acids is 1. The summed E-state index contributed by atoms with van der Waals surface area (Å²) >= 11 is 1.09. The van der Waals surface area contributed by atoms with E-state index in [0.717, 1.165) is 49.2 Å². The zero-order chi connectivity index (χ0) is 15.5. The highest BCUT2D eigenvalue weighted by Crippen LogP contribution is 2.40. The number of nitrogens with one attached hydrogen (secondary N) is 1. The Morgan fingerprint density at radius 1 is 1.33 bits per heavy atom. The van der Waals surface area contributed by atoms with E-state index in [9.17, 15) is 4.79 Å². The van der Waals surface area contributed by atoms with Crippen LogP contribution in [-0.4, -0.2) is 10.9 Å². The molecule has 5 heteroatoms. The van der Waals surface area contributed by atoms with Gasteiger partial charge in [-0.2, -0.15) is 0 Å². The van der Waals surface area contributed by atoms with Gasteiger partial charge in [0.15, 0.2) is 0 Å². The summed E-state index contributed by atoms with van der Waals surface area (Å²) in [7, 11) is 0. The Balaban J connectivity index is 1.90. The minimum Gasteiger partial charge on any atom is -0.326 e. The Bertz CT molecular complexity index is 491. The van der Waals surface area contributed by atoms with Gasteiger partial charge < -0.3 is 5.32 Å². The molecular formula is C16H25N3OS. The van der Waals surface area contributed by atoms with Gasteiger partial charge in [-0.1, -0.05) is 20.8 Å². The Kier molecular flexibility index (Phi) is 5.27. The quantitative estimate of drug-likeness (QED) is 0.833. The second kappa shape index (κ2) is 6.79. The highest BCUT2D eigenvalue weighted by Gasteiger charge is 2.32. The van der Waals surface area contributed by atoms with E-state index in [1.54, 1.807) is 12.3 Å². The zero-order valence-corrected chi connectivity index (χ0v) is 13.9. The van der Waals surface area contributed by atoms with Gasteiger partial charge in [-0.05, 0) is 61.1 Å². The fourth-order valence-electron chi connectivity index (χ4n) is 3.02. The molecule has 1 heterocycles. The van der Waals surface area contributed by atoms with Gasteiger partial charge >= 0.3 is 0 Å². The van der Waals surface area contributed by atoms with Crippen molar-refractivity contribution in [2.45, 2.75) is 51.5 Å². The van der Waals surface area contributed by atoms with Crippen molar-refractivity contribution < 1.29 is 4.79 Å². The predicted molar refractivity (Wildman–Crippen MR) is 87.8 cm³/mol. The van der Waals surface area contributed by atoms with E-state index in [-0.39, 0.29) is 11.8 Å². The lowest BCUT2D eigenvalue weighted by Gasteiger charge is -2.36. The Morgan fingerprint density at radius 3 is 2.57 bits per heavy atom. The van der Waals surface area contributed by atoms with Gasteiger partial charge in [-0.3, -0.25) is 9.93 Å². The highest BCUT2D eigenvalue weighted by molar-refractivity contribution is 7.97. The number of aromatic nitrogens is 1. The van der Waals surface area contributed by atoms with E-state index >= 15 is 0 Å². The van der Waals surface area contributed by atoms with Gasteiger partial charge in [0.05, 0.1) is 0 Å². The summed E-state index contributed by atoms with van der Waals surface area (Å²) < 4.78 is 0. The summed E-state index contributed by atoms with van der Waals surface area (Å²) in [6.45, 7) is 6.88. The van der Waals surface area contributed by atoms with Crippen LogP contribution in [0.2, 0.25) is 0 Å². The Hall–Kier alpha value is -1.07. The molecule has 0 spiro atoms. The molecule has 1 aromatic rings. The lowest BCUT2D eigenvalue weighted by molar-refractivity contribution is -0.121. The number of hydrogen-bond acceptors (Lipinski definition) is 4. The number of rotatable bonds is 3. The molecule has 1 aromatic heterocycles. The predicted octanol–water partition coefficient (Wildman–Crippen LogP) is 3.84. The van der Waals surface area contributed by atoms with Crippen molar-refractivity contribution in [3.05, 3.63) is 18.3 Å². The highest BCUT2D eigenvalue weighted by atomic mass is 32.2. The molecule has 0 aliphatic heterocycles. The third-order valence-electron chi connectivity index (χ3n) is 4.45. The van der Waals surface area contributed by atoms with Crippen molar-refractivity contribution in [1.82, 2.24) is 4.98 Å². The van der Waals surface area contributed by atoms with Gasteiger partial charge in [-0.25, -0.2) is 4.98 Å². The molecule has 1 fully saturated rings. The SMILES string of the molecule is CC(C)(C)C1CCC(C(=O)Nc2ccnc(SN)c2)CC1. The van der Waals surface area contributed by atoms with E-state index in [2.05, 4.69) is 31.1 Å². The van der Waals surface area contributed by atoms with Crippen molar-refractivity contribution >= 4 is 23.5 Å². The molecule has 21 heavy (non-hydrogen) atoms. The molecule has 0 unspecified atom stereocenters. The number of anilines is 1. The van der Waals surface area contributed by atoms with Crippen LogP contribution in [0.15, 0.2) is 23.4 Å². The molecule has 3 N–H and O–H groups in total. The minimum absolute atomic E-state index is 0.126. The fraction of sp³-hybridized carbons (Fsp3) is 0.625. The van der Waals surface area contributed by atoms with E-state index in [0.29, 0.717) is 10.4 Å². The van der Waals surface area contributed by atoms with Gasteiger partial charge in [0.25, 0.3) is 0 Å². The summed E-state index contributed by atoms with van der Waals surface area (Å²) in [6.07, 6.45) is 5.92. The van der Waals surface area contributed by atoms with E-state index in [4.69, 9.17) is 5.14 Å². The molecule has 2 rings (SSSR count). The van der Waals surface area contributed by atoms with E-state index < -0.39 is 0 Å². The van der Waals surface area contributed by atoms with Crippen LogP contribution >= 0.6 is 11.9 Å². The summed E-state index contributed by atoms with van der Waals surface area (Å²) in [5.74, 6) is 0.981. The third kappa shape index (κ3) is 4.45. The van der Waals surface area contributed by atoms with Crippen molar-refractivity contribution in [1.29, 1.82) is 0 Å². The molecule has 4 nitrogen and oxygen atoms in total. The number of nitrogens with two attached hydrogens (primary N) is 1. The number of pyridine rings is 1. The molecule has 1 aliphatic rings. The van der Waals surface area contributed by atoms with Crippen molar-refractivity contribution in [2.24, 2.45) is 22.4 Å². The van der Waals surface area contributed by atoms with Crippen LogP contribution < -0.4 is 10.5 Å². The maximum atomic E-state index is 12.4. The normalized spacial score (nSPS) is 22.9. The number of amides is 1. The molecule has 1 saturated carbocycles. The molecule has 0 bridgehead atoms. The molecule has 1 aliphatic carbocycles. The Morgan fingerprint density at radius 2 is 2.00 bits per heavy atom. The molecule has 1 amide bonds. The largest absolute Gasteiger partial charge is 0.326 e. The first kappa shape index (κ1) is 16.3. The minimum atomic E-state index is 0.126. The van der Waals surface area contributed by atoms with Crippen LogP contribution in [0.25, 0.3) is 0 Å². The lowest BCUT2D eigenvalue weighted by Crippen LogP contribution is -2.31. The average Bonchev–Trinajstić information content (AvgIpc) is 2.46. The number of carbonyl (C=O) groups is 1. The number of nitrogens with zero attached hydrogens (tertiary/aromatic N) is 1. The van der Waals surface area contributed by atoms with Crippen LogP contribution in [-0.2, 0) is 4.79 Å². The van der Waals surface area contributed by atoms with Gasteiger partial charge in [0, 0.05) is 17.8 Å². The first-order valence-corrected chi connectivity index (χ1v) is 8.42. The second-order valence-electron chi connectivity index (χ2n) is 6.90. The molecule has 0 radical (unpaired) electrons. The van der Waals surface area contributed by atoms with Gasteiger partial charge in [-0.15, -0.1) is 0 Å². The molecule has 0 aromatic carbocycles. The van der Waals surface area contributed by atoms with Crippen molar-refractivity contribution in [2.75, 3.05) is 5.32 Å². The van der Waals surface area contributed by atoms with E-state index in [1.165, 1.54) is 0 Å². The van der Waals surface area contributed by atoms with Crippen LogP contribution in [0.4, 0.5) is 5.69 Å². The monoisotopic (exact) mass is 307 g/mol. The topological polar surface area (TPSA) is 68.0 Å².